The number of anilines is 2. The zero-order valence-electron chi connectivity index (χ0n) is 14.7. The van der Waals surface area contributed by atoms with E-state index >= 15 is 0 Å². The van der Waals surface area contributed by atoms with Crippen LogP contribution in [0.2, 0.25) is 0 Å². The van der Waals surface area contributed by atoms with Crippen molar-refractivity contribution in [3.05, 3.63) is 59.9 Å². The van der Waals surface area contributed by atoms with Crippen molar-refractivity contribution >= 4 is 17.3 Å². The Morgan fingerprint density at radius 2 is 1.85 bits per heavy atom. The van der Waals surface area contributed by atoms with E-state index in [1.54, 1.807) is 18.2 Å². The molecule has 0 spiro atoms. The molecular weight excluding hydrogens is 335 g/mol. The van der Waals surface area contributed by atoms with Crippen LogP contribution < -0.4 is 31.9 Å². The number of hydrogen-bond acceptors (Lipinski definition) is 6. The molecule has 0 radical (unpaired) electrons. The highest BCUT2D eigenvalue weighted by Crippen LogP contribution is 2.15. The molecule has 1 aliphatic heterocycles. The first kappa shape index (κ1) is 18.1. The monoisotopic (exact) mass is 358 g/mol. The van der Waals surface area contributed by atoms with Crippen molar-refractivity contribution < 1.29 is 9.18 Å². The van der Waals surface area contributed by atoms with Crippen LogP contribution in [0.5, 0.6) is 0 Å². The van der Waals surface area contributed by atoms with Crippen LogP contribution >= 0.6 is 0 Å². The van der Waals surface area contributed by atoms with Crippen molar-refractivity contribution in [2.24, 2.45) is 0 Å². The van der Waals surface area contributed by atoms with Crippen LogP contribution in [0.15, 0.2) is 48.5 Å². The van der Waals surface area contributed by atoms with Gasteiger partial charge in [0.15, 0.2) is 0 Å². The van der Waals surface area contributed by atoms with Gasteiger partial charge in [0.25, 0.3) is 0 Å². The van der Waals surface area contributed by atoms with E-state index in [9.17, 15) is 9.18 Å². The van der Waals surface area contributed by atoms with Gasteiger partial charge in [0.2, 0.25) is 5.91 Å². The molecular formula is C18H23FN6O. The maximum atomic E-state index is 13.8. The van der Waals surface area contributed by atoms with E-state index in [4.69, 9.17) is 0 Å². The molecule has 8 heteroatoms. The van der Waals surface area contributed by atoms with E-state index in [1.165, 1.54) is 6.07 Å². The predicted octanol–water partition coefficient (Wildman–Crippen LogP) is 0.927. The average molecular weight is 358 g/mol. The Morgan fingerprint density at radius 1 is 1.12 bits per heavy atom. The second-order valence-corrected chi connectivity index (χ2v) is 6.27. The Hall–Kier alpha value is -2.68. The van der Waals surface area contributed by atoms with Crippen LogP contribution in [0.4, 0.5) is 15.8 Å². The molecule has 1 amide bonds. The van der Waals surface area contributed by atoms with Crippen LogP contribution in [-0.4, -0.2) is 32.2 Å². The van der Waals surface area contributed by atoms with Crippen LogP contribution in [0.25, 0.3) is 0 Å². The highest BCUT2D eigenvalue weighted by Gasteiger charge is 2.32. The van der Waals surface area contributed by atoms with Crippen LogP contribution in [0.1, 0.15) is 5.56 Å². The fourth-order valence-corrected chi connectivity index (χ4v) is 2.66. The molecule has 2 aromatic carbocycles. The molecule has 0 aliphatic carbocycles. The van der Waals surface area contributed by atoms with Gasteiger partial charge in [0, 0.05) is 26.3 Å². The summed E-state index contributed by atoms with van der Waals surface area (Å²) >= 11 is 0. The lowest BCUT2D eigenvalue weighted by Crippen LogP contribution is -2.50. The third-order valence-electron chi connectivity index (χ3n) is 4.18. The quantitative estimate of drug-likeness (QED) is 0.529. The summed E-state index contributed by atoms with van der Waals surface area (Å²) in [5, 5.41) is 5.87. The van der Waals surface area contributed by atoms with Crippen molar-refractivity contribution in [2.45, 2.75) is 18.8 Å². The highest BCUT2D eigenvalue weighted by molar-refractivity contribution is 5.83. The van der Waals surface area contributed by atoms with Crippen LogP contribution in [0, 0.1) is 5.82 Å². The lowest BCUT2D eigenvalue weighted by atomic mass is 10.1. The summed E-state index contributed by atoms with van der Waals surface area (Å²) < 4.78 is 13.8. The Labute approximate surface area is 151 Å². The highest BCUT2D eigenvalue weighted by atomic mass is 19.1. The lowest BCUT2D eigenvalue weighted by Gasteiger charge is -2.20. The van der Waals surface area contributed by atoms with E-state index < -0.39 is 12.2 Å². The Bertz CT molecular complexity index is 752. The van der Waals surface area contributed by atoms with Gasteiger partial charge in [-0.25, -0.2) is 15.2 Å². The zero-order chi connectivity index (χ0) is 18.5. The number of carbonyl (C=O) groups excluding carboxylic acids is 1. The largest absolute Gasteiger partial charge is 0.378 e. The first-order valence-corrected chi connectivity index (χ1v) is 8.35. The predicted molar refractivity (Wildman–Crippen MR) is 99.6 cm³/mol. The Balaban J connectivity index is 1.57. The second kappa shape index (κ2) is 8.13. The molecule has 5 N–H and O–H groups in total. The summed E-state index contributed by atoms with van der Waals surface area (Å²) in [4.78, 5) is 14.5. The molecule has 0 aromatic heterocycles. The number of rotatable bonds is 6. The fraction of sp³-hybridized carbons (Fsp3) is 0.278. The number of benzene rings is 2. The summed E-state index contributed by atoms with van der Waals surface area (Å²) in [5.41, 5.74) is 10.9. The molecule has 2 atom stereocenters. The molecule has 1 aliphatic rings. The first-order chi connectivity index (χ1) is 12.5. The van der Waals surface area contributed by atoms with Crippen molar-refractivity contribution in [3.8, 4) is 0 Å². The minimum Gasteiger partial charge on any atom is -0.378 e. The Morgan fingerprint density at radius 3 is 2.54 bits per heavy atom. The third kappa shape index (κ3) is 4.29. The summed E-state index contributed by atoms with van der Waals surface area (Å²) in [5.74, 6) is -0.575. The summed E-state index contributed by atoms with van der Waals surface area (Å²) in [6.45, 7) is 0.414. The number of amides is 1. The van der Waals surface area contributed by atoms with Crippen molar-refractivity contribution in [2.75, 3.05) is 24.3 Å². The molecule has 7 nitrogen and oxygen atoms in total. The molecule has 138 valence electrons. The lowest BCUT2D eigenvalue weighted by molar-refractivity contribution is -0.123. The van der Waals surface area contributed by atoms with Gasteiger partial charge in [-0.05, 0) is 29.8 Å². The summed E-state index contributed by atoms with van der Waals surface area (Å²) in [7, 11) is 3.95. The smallest absolute Gasteiger partial charge is 0.242 e. The number of para-hydroxylation sites is 1. The van der Waals surface area contributed by atoms with E-state index in [1.807, 2.05) is 43.3 Å². The number of nitrogens with zero attached hydrogens (tertiary/aromatic N) is 1. The topological polar surface area (TPSA) is 80.5 Å². The summed E-state index contributed by atoms with van der Waals surface area (Å²) in [6.07, 6.45) is -0.497. The number of hydrogen-bond donors (Lipinski definition) is 5. The fourth-order valence-electron chi connectivity index (χ4n) is 2.66. The maximum Gasteiger partial charge on any atom is 0.242 e. The molecule has 0 bridgehead atoms. The van der Waals surface area contributed by atoms with E-state index in [0.717, 1.165) is 11.3 Å². The number of carbonyl (C=O) groups is 1. The average Bonchev–Trinajstić information content (AvgIpc) is 3.10. The molecule has 1 fully saturated rings. The molecule has 2 aromatic rings. The number of hydrazine groups is 2. The minimum atomic E-state index is -0.601. The second-order valence-electron chi connectivity index (χ2n) is 6.27. The van der Waals surface area contributed by atoms with Gasteiger partial charge in [-0.15, -0.1) is 0 Å². The van der Waals surface area contributed by atoms with Crippen molar-refractivity contribution in [3.63, 3.8) is 0 Å². The summed E-state index contributed by atoms with van der Waals surface area (Å²) in [6, 6.07) is 13.7. The molecule has 0 saturated carbocycles. The van der Waals surface area contributed by atoms with E-state index in [2.05, 4.69) is 27.0 Å². The van der Waals surface area contributed by atoms with Gasteiger partial charge in [-0.1, -0.05) is 24.3 Å². The standard InChI is InChI=1S/C18H23FN6O/c1-25(2)13-9-7-12(8-10-13)11-20-18(26)16-17(23-24-22-16)21-15-6-4-3-5-14(15)19/h3-10,16-17,21-24H,11H2,1-2H3,(H,20,26). The number of halogens is 1. The van der Waals surface area contributed by atoms with Gasteiger partial charge in [0.1, 0.15) is 18.0 Å². The van der Waals surface area contributed by atoms with Gasteiger partial charge in [0.05, 0.1) is 5.69 Å². The van der Waals surface area contributed by atoms with E-state index in [-0.39, 0.29) is 11.7 Å². The normalized spacial score (nSPS) is 19.2. The van der Waals surface area contributed by atoms with Gasteiger partial charge < -0.3 is 15.5 Å². The zero-order valence-corrected chi connectivity index (χ0v) is 14.7. The SMILES string of the molecule is CN(C)c1ccc(CNC(=O)C2NNNC2Nc2ccccc2F)cc1. The van der Waals surface area contributed by atoms with Crippen LogP contribution in [0.3, 0.4) is 0 Å². The van der Waals surface area contributed by atoms with Crippen molar-refractivity contribution in [1.29, 1.82) is 0 Å². The number of nitrogens with one attached hydrogen (secondary N) is 5. The van der Waals surface area contributed by atoms with E-state index in [0.29, 0.717) is 12.2 Å². The van der Waals surface area contributed by atoms with Gasteiger partial charge >= 0.3 is 0 Å². The molecule has 2 unspecified atom stereocenters. The molecule has 1 heterocycles. The molecule has 3 rings (SSSR count). The first-order valence-electron chi connectivity index (χ1n) is 8.35. The van der Waals surface area contributed by atoms with Crippen LogP contribution in [-0.2, 0) is 11.3 Å². The third-order valence-corrected chi connectivity index (χ3v) is 4.18. The minimum absolute atomic E-state index is 0.201. The molecule has 26 heavy (non-hydrogen) atoms. The van der Waals surface area contributed by atoms with Crippen molar-refractivity contribution in [1.82, 2.24) is 21.7 Å². The van der Waals surface area contributed by atoms with Gasteiger partial charge in [-0.2, -0.15) is 5.53 Å². The Kier molecular flexibility index (Phi) is 5.67. The maximum absolute atomic E-state index is 13.8. The van der Waals surface area contributed by atoms with Gasteiger partial charge in [-0.3, -0.25) is 4.79 Å². The molecule has 1 saturated heterocycles.